The maximum absolute atomic E-state index is 5.37. The van der Waals surface area contributed by atoms with Crippen molar-refractivity contribution in [1.82, 2.24) is 0 Å². The molecule has 0 amide bonds. The fourth-order valence-electron chi connectivity index (χ4n) is 2.76. The Kier molecular flexibility index (Phi) is 4.56. The highest BCUT2D eigenvalue weighted by atomic mass is 15.2. The largest absolute Gasteiger partial charge is 0.385 e. The topological polar surface area (TPSA) is 50.1 Å². The van der Waals surface area contributed by atoms with Gasteiger partial charge in [-0.25, -0.2) is 0 Å². The number of aryl methyl sites for hydroxylation is 1. The first-order chi connectivity index (χ1) is 10.9. The average Bonchev–Trinajstić information content (AvgIpc) is 2.62. The summed E-state index contributed by atoms with van der Waals surface area (Å²) in [6, 6.07) is 22.7. The van der Waals surface area contributed by atoms with E-state index in [1.54, 1.807) is 0 Å². The van der Waals surface area contributed by atoms with Gasteiger partial charge in [0.15, 0.2) is 0 Å². The number of hydrazine groups is 1. The number of benzene rings is 3. The number of nitrogen functional groups attached to an aromatic ring is 1. The number of para-hydroxylation sites is 1. The van der Waals surface area contributed by atoms with Gasteiger partial charge in [-0.15, -0.1) is 0 Å². The fraction of sp³-hybridized carbons (Fsp3) is 0.158. The van der Waals surface area contributed by atoms with Crippen LogP contribution in [-0.2, 0) is 6.42 Å². The van der Waals surface area contributed by atoms with Crippen molar-refractivity contribution in [3.05, 3.63) is 72.3 Å². The minimum Gasteiger partial charge on any atom is -0.385 e. The van der Waals surface area contributed by atoms with Crippen molar-refractivity contribution in [2.75, 3.05) is 17.3 Å². The van der Waals surface area contributed by atoms with Gasteiger partial charge in [-0.1, -0.05) is 54.6 Å². The molecule has 112 valence electrons. The standard InChI is InChI=1S/C10H10N2.C9H11N/c11-12-10-7-3-5-8-4-1-2-6-9(8)10;1-2-6-9-8(4-1)5-3-7-10-9/h1-7,12H,11H2;1-2,4,6,10H,3,5,7H2. The van der Waals surface area contributed by atoms with Crippen LogP contribution in [0.25, 0.3) is 10.8 Å². The molecule has 22 heavy (non-hydrogen) atoms. The number of nitrogens with two attached hydrogens (primary N) is 1. The Bertz CT molecular complexity index is 722. The van der Waals surface area contributed by atoms with Crippen LogP contribution in [0.2, 0.25) is 0 Å². The van der Waals surface area contributed by atoms with E-state index in [1.165, 1.54) is 29.5 Å². The van der Waals surface area contributed by atoms with Gasteiger partial charge in [0, 0.05) is 17.6 Å². The first kappa shape index (κ1) is 14.4. The highest BCUT2D eigenvalue weighted by molar-refractivity contribution is 5.93. The molecule has 0 saturated heterocycles. The lowest BCUT2D eigenvalue weighted by molar-refractivity contribution is 0.830. The lowest BCUT2D eigenvalue weighted by atomic mass is 10.0. The van der Waals surface area contributed by atoms with Crippen molar-refractivity contribution in [3.63, 3.8) is 0 Å². The summed E-state index contributed by atoms with van der Waals surface area (Å²) in [5.74, 6) is 5.37. The van der Waals surface area contributed by atoms with Crippen LogP contribution in [0, 0.1) is 0 Å². The number of nitrogens with one attached hydrogen (secondary N) is 2. The Labute approximate surface area is 131 Å². The van der Waals surface area contributed by atoms with Crippen molar-refractivity contribution in [2.24, 2.45) is 5.84 Å². The van der Waals surface area contributed by atoms with E-state index in [1.807, 2.05) is 30.3 Å². The summed E-state index contributed by atoms with van der Waals surface area (Å²) in [5.41, 5.74) is 6.43. The molecule has 0 atom stereocenters. The Balaban J connectivity index is 0.000000133. The van der Waals surface area contributed by atoms with E-state index in [2.05, 4.69) is 47.1 Å². The Morgan fingerprint density at radius 1 is 0.864 bits per heavy atom. The van der Waals surface area contributed by atoms with Gasteiger partial charge >= 0.3 is 0 Å². The van der Waals surface area contributed by atoms with Gasteiger partial charge in [0.2, 0.25) is 0 Å². The SMILES string of the molecule is NNc1cccc2ccccc12.c1ccc2c(c1)CCCN2. The van der Waals surface area contributed by atoms with Crippen LogP contribution in [-0.4, -0.2) is 6.54 Å². The number of rotatable bonds is 1. The number of fused-ring (bicyclic) bond motifs is 2. The molecule has 0 fully saturated rings. The van der Waals surface area contributed by atoms with Crippen LogP contribution in [0.15, 0.2) is 66.7 Å². The second-order valence-electron chi connectivity index (χ2n) is 5.36. The molecule has 1 heterocycles. The van der Waals surface area contributed by atoms with E-state index >= 15 is 0 Å². The molecular formula is C19H21N3. The molecule has 4 rings (SSSR count). The minimum absolute atomic E-state index is 0.966. The molecule has 0 unspecified atom stereocenters. The third kappa shape index (κ3) is 3.21. The molecule has 0 spiro atoms. The molecule has 0 aromatic heterocycles. The van der Waals surface area contributed by atoms with Gasteiger partial charge in [0.25, 0.3) is 0 Å². The van der Waals surface area contributed by atoms with Crippen molar-refractivity contribution in [1.29, 1.82) is 0 Å². The minimum atomic E-state index is 0.966. The highest BCUT2D eigenvalue weighted by Gasteiger charge is 2.04. The summed E-state index contributed by atoms with van der Waals surface area (Å²) in [6.45, 7) is 1.14. The van der Waals surface area contributed by atoms with Gasteiger partial charge in [0.1, 0.15) is 0 Å². The predicted octanol–water partition coefficient (Wildman–Crippen LogP) is 4.17. The zero-order valence-electron chi connectivity index (χ0n) is 12.5. The summed E-state index contributed by atoms with van der Waals surface area (Å²) >= 11 is 0. The Hall–Kier alpha value is -2.52. The second kappa shape index (κ2) is 6.96. The van der Waals surface area contributed by atoms with Crippen molar-refractivity contribution in [3.8, 4) is 0 Å². The zero-order valence-corrected chi connectivity index (χ0v) is 12.5. The molecule has 3 heteroatoms. The van der Waals surface area contributed by atoms with Crippen LogP contribution in [0.1, 0.15) is 12.0 Å². The summed E-state index contributed by atoms with van der Waals surface area (Å²) in [6.07, 6.45) is 2.51. The van der Waals surface area contributed by atoms with E-state index in [4.69, 9.17) is 5.84 Å². The normalized spacial score (nSPS) is 12.6. The first-order valence-electron chi connectivity index (χ1n) is 7.64. The number of anilines is 2. The van der Waals surface area contributed by atoms with Gasteiger partial charge in [0.05, 0.1) is 5.69 Å². The van der Waals surface area contributed by atoms with Crippen molar-refractivity contribution < 1.29 is 0 Å². The number of hydrogen-bond acceptors (Lipinski definition) is 3. The van der Waals surface area contributed by atoms with Crippen LogP contribution >= 0.6 is 0 Å². The van der Waals surface area contributed by atoms with Crippen LogP contribution in [0.4, 0.5) is 11.4 Å². The van der Waals surface area contributed by atoms with E-state index in [0.717, 1.165) is 17.6 Å². The summed E-state index contributed by atoms with van der Waals surface area (Å²) in [5, 5.41) is 5.72. The maximum Gasteiger partial charge on any atom is 0.0563 e. The van der Waals surface area contributed by atoms with E-state index < -0.39 is 0 Å². The second-order valence-corrected chi connectivity index (χ2v) is 5.36. The molecule has 1 aliphatic heterocycles. The lowest BCUT2D eigenvalue weighted by Crippen LogP contribution is -2.10. The van der Waals surface area contributed by atoms with Gasteiger partial charge in [-0.3, -0.25) is 5.84 Å². The smallest absolute Gasteiger partial charge is 0.0563 e. The first-order valence-corrected chi connectivity index (χ1v) is 7.64. The monoisotopic (exact) mass is 291 g/mol. The average molecular weight is 291 g/mol. The van der Waals surface area contributed by atoms with E-state index in [9.17, 15) is 0 Å². The molecule has 1 aliphatic rings. The molecule has 0 aliphatic carbocycles. The molecule has 3 nitrogen and oxygen atoms in total. The van der Waals surface area contributed by atoms with Crippen molar-refractivity contribution in [2.45, 2.75) is 12.8 Å². The Morgan fingerprint density at radius 2 is 1.64 bits per heavy atom. The molecular weight excluding hydrogens is 270 g/mol. The summed E-state index contributed by atoms with van der Waals surface area (Å²) in [4.78, 5) is 0. The third-order valence-electron chi connectivity index (χ3n) is 3.90. The maximum atomic E-state index is 5.37. The van der Waals surface area contributed by atoms with Crippen LogP contribution in [0.5, 0.6) is 0 Å². The third-order valence-corrected chi connectivity index (χ3v) is 3.90. The predicted molar refractivity (Wildman–Crippen MR) is 95.0 cm³/mol. The molecule has 3 aromatic carbocycles. The van der Waals surface area contributed by atoms with E-state index in [0.29, 0.717) is 0 Å². The van der Waals surface area contributed by atoms with Gasteiger partial charge < -0.3 is 10.7 Å². The molecule has 0 saturated carbocycles. The van der Waals surface area contributed by atoms with Gasteiger partial charge in [-0.05, 0) is 35.9 Å². The summed E-state index contributed by atoms with van der Waals surface area (Å²) in [7, 11) is 0. The zero-order chi connectivity index (χ0) is 15.2. The molecule has 0 bridgehead atoms. The molecule has 4 N–H and O–H groups in total. The summed E-state index contributed by atoms with van der Waals surface area (Å²) < 4.78 is 0. The van der Waals surface area contributed by atoms with Crippen molar-refractivity contribution >= 4 is 22.1 Å². The fourth-order valence-corrected chi connectivity index (χ4v) is 2.76. The Morgan fingerprint density at radius 3 is 2.50 bits per heavy atom. The van der Waals surface area contributed by atoms with E-state index in [-0.39, 0.29) is 0 Å². The van der Waals surface area contributed by atoms with Crippen LogP contribution < -0.4 is 16.6 Å². The lowest BCUT2D eigenvalue weighted by Gasteiger charge is -2.16. The molecule has 3 aromatic rings. The number of hydrogen-bond donors (Lipinski definition) is 3. The van der Waals surface area contributed by atoms with Gasteiger partial charge in [-0.2, -0.15) is 0 Å². The quantitative estimate of drug-likeness (QED) is 0.466. The van der Waals surface area contributed by atoms with Crippen LogP contribution in [0.3, 0.4) is 0 Å². The highest BCUT2D eigenvalue weighted by Crippen LogP contribution is 2.21. The molecule has 0 radical (unpaired) electrons.